The molecule has 0 spiro atoms. The van der Waals surface area contributed by atoms with Gasteiger partial charge in [-0.25, -0.2) is 0 Å². The Hall–Kier alpha value is -1.33. The molecule has 1 aromatic carbocycles. The molecule has 0 aliphatic carbocycles. The molecule has 0 radical (unpaired) electrons. The third-order valence-electron chi connectivity index (χ3n) is 3.63. The Morgan fingerprint density at radius 1 is 1.58 bits per heavy atom. The Morgan fingerprint density at radius 3 is 2.95 bits per heavy atom. The number of aliphatic hydroxyl groups is 1. The molecule has 2 rings (SSSR count). The molecule has 6 heteroatoms. The Kier molecular flexibility index (Phi) is 4.27. The number of hydrogen-bond acceptors (Lipinski definition) is 4. The van der Waals surface area contributed by atoms with Gasteiger partial charge in [0, 0.05) is 31.3 Å². The first-order chi connectivity index (χ1) is 9.02. The number of aliphatic hydroxyl groups excluding tert-OH is 1. The van der Waals surface area contributed by atoms with Crippen molar-refractivity contribution in [1.29, 1.82) is 0 Å². The highest BCUT2D eigenvalue weighted by atomic mass is 35.5. The lowest BCUT2D eigenvalue weighted by Gasteiger charge is -2.20. The van der Waals surface area contributed by atoms with Crippen LogP contribution in [0.3, 0.4) is 0 Å². The summed E-state index contributed by atoms with van der Waals surface area (Å²) in [4.78, 5) is 12.6. The molecule has 19 heavy (non-hydrogen) atoms. The average molecular weight is 285 g/mol. The highest BCUT2D eigenvalue weighted by molar-refractivity contribution is 6.33. The molecule has 0 bridgehead atoms. The number of nitrogens with zero attached hydrogens (tertiary/aromatic N) is 2. The fourth-order valence-corrected chi connectivity index (χ4v) is 2.84. The minimum atomic E-state index is -0.413. The van der Waals surface area contributed by atoms with E-state index in [9.17, 15) is 10.1 Å². The molecular formula is C13H17ClN2O3. The summed E-state index contributed by atoms with van der Waals surface area (Å²) in [6, 6.07) is 3.20. The van der Waals surface area contributed by atoms with Crippen molar-refractivity contribution in [3.63, 3.8) is 0 Å². The van der Waals surface area contributed by atoms with E-state index in [-0.39, 0.29) is 12.3 Å². The fraction of sp³-hybridized carbons (Fsp3) is 0.538. The summed E-state index contributed by atoms with van der Waals surface area (Å²) in [5, 5.41) is 20.2. The molecule has 1 aliphatic heterocycles. The monoisotopic (exact) mass is 284 g/mol. The van der Waals surface area contributed by atoms with Gasteiger partial charge in [-0.15, -0.1) is 0 Å². The highest BCUT2D eigenvalue weighted by Crippen LogP contribution is 2.35. The van der Waals surface area contributed by atoms with Crippen molar-refractivity contribution >= 4 is 23.0 Å². The zero-order valence-corrected chi connectivity index (χ0v) is 11.6. The number of anilines is 1. The van der Waals surface area contributed by atoms with Crippen LogP contribution in [0, 0.1) is 23.0 Å². The predicted molar refractivity (Wildman–Crippen MR) is 74.9 cm³/mol. The van der Waals surface area contributed by atoms with E-state index in [0.29, 0.717) is 16.5 Å². The van der Waals surface area contributed by atoms with Gasteiger partial charge in [-0.2, -0.15) is 0 Å². The number of nitro groups is 1. The lowest BCUT2D eigenvalue weighted by atomic mass is 10.1. The van der Waals surface area contributed by atoms with E-state index in [1.54, 1.807) is 13.0 Å². The molecule has 0 unspecified atom stereocenters. The minimum Gasteiger partial charge on any atom is -0.396 e. The van der Waals surface area contributed by atoms with E-state index < -0.39 is 4.92 Å². The van der Waals surface area contributed by atoms with Crippen LogP contribution in [0.4, 0.5) is 11.4 Å². The van der Waals surface area contributed by atoms with Crippen molar-refractivity contribution in [3.8, 4) is 0 Å². The maximum absolute atomic E-state index is 10.8. The molecule has 1 fully saturated rings. The van der Waals surface area contributed by atoms with Crippen molar-refractivity contribution in [3.05, 3.63) is 32.8 Å². The van der Waals surface area contributed by atoms with Crippen LogP contribution in [0.2, 0.25) is 5.02 Å². The molecule has 1 atom stereocenters. The highest BCUT2D eigenvalue weighted by Gasteiger charge is 2.25. The lowest BCUT2D eigenvalue weighted by Crippen LogP contribution is -2.20. The second-order valence-electron chi connectivity index (χ2n) is 4.96. The van der Waals surface area contributed by atoms with Crippen LogP contribution in [0.1, 0.15) is 18.4 Å². The molecule has 1 aromatic rings. The number of benzene rings is 1. The van der Waals surface area contributed by atoms with Gasteiger partial charge < -0.3 is 10.0 Å². The quantitative estimate of drug-likeness (QED) is 0.682. The molecule has 1 heterocycles. The molecule has 1 N–H and O–H groups in total. The Balaban J connectivity index is 2.22. The van der Waals surface area contributed by atoms with Crippen molar-refractivity contribution in [1.82, 2.24) is 0 Å². The summed E-state index contributed by atoms with van der Waals surface area (Å²) in [6.45, 7) is 3.64. The molecule has 0 aromatic heterocycles. The van der Waals surface area contributed by atoms with E-state index in [0.717, 1.165) is 31.6 Å². The minimum absolute atomic E-state index is 0.0554. The Bertz CT molecular complexity index is 493. The van der Waals surface area contributed by atoms with Crippen molar-refractivity contribution in [2.45, 2.75) is 19.8 Å². The van der Waals surface area contributed by atoms with E-state index in [4.69, 9.17) is 16.7 Å². The zero-order valence-electron chi connectivity index (χ0n) is 10.8. The van der Waals surface area contributed by atoms with Gasteiger partial charge in [-0.1, -0.05) is 11.6 Å². The average Bonchev–Trinajstić information content (AvgIpc) is 2.80. The Labute approximate surface area is 116 Å². The van der Waals surface area contributed by atoms with Crippen LogP contribution in [-0.4, -0.2) is 29.7 Å². The van der Waals surface area contributed by atoms with Crippen LogP contribution in [0.15, 0.2) is 12.1 Å². The normalized spacial score (nSPS) is 18.9. The third-order valence-corrected chi connectivity index (χ3v) is 3.93. The largest absolute Gasteiger partial charge is 0.396 e. The summed E-state index contributed by atoms with van der Waals surface area (Å²) in [5.74, 6) is 0.469. The lowest BCUT2D eigenvalue weighted by molar-refractivity contribution is -0.385. The van der Waals surface area contributed by atoms with Crippen molar-refractivity contribution in [2.24, 2.45) is 5.92 Å². The summed E-state index contributed by atoms with van der Waals surface area (Å²) >= 11 is 6.15. The van der Waals surface area contributed by atoms with Crippen LogP contribution in [-0.2, 0) is 0 Å². The van der Waals surface area contributed by atoms with Crippen molar-refractivity contribution < 1.29 is 10.0 Å². The van der Waals surface area contributed by atoms with E-state index in [1.807, 2.05) is 0 Å². The molecule has 5 nitrogen and oxygen atoms in total. The number of hydrogen-bond donors (Lipinski definition) is 1. The summed E-state index contributed by atoms with van der Waals surface area (Å²) in [7, 11) is 0. The summed E-state index contributed by atoms with van der Waals surface area (Å²) in [6.07, 6.45) is 1.81. The first-order valence-corrected chi connectivity index (χ1v) is 6.71. The topological polar surface area (TPSA) is 66.6 Å². The molecule has 0 saturated carbocycles. The molecule has 0 amide bonds. The van der Waals surface area contributed by atoms with Gasteiger partial charge in [-0.3, -0.25) is 10.1 Å². The molecule has 1 saturated heterocycles. The van der Waals surface area contributed by atoms with Crippen LogP contribution in [0.25, 0.3) is 0 Å². The third kappa shape index (κ3) is 2.98. The molecular weight excluding hydrogens is 268 g/mol. The van der Waals surface area contributed by atoms with Crippen LogP contribution in [0.5, 0.6) is 0 Å². The SMILES string of the molecule is Cc1cc(N2CC[C@H](CCO)C2)c(Cl)cc1[N+](=O)[O-]. The summed E-state index contributed by atoms with van der Waals surface area (Å²) < 4.78 is 0. The second kappa shape index (κ2) is 5.75. The summed E-state index contributed by atoms with van der Waals surface area (Å²) in [5.41, 5.74) is 1.53. The van der Waals surface area contributed by atoms with Gasteiger partial charge in [0.15, 0.2) is 0 Å². The zero-order chi connectivity index (χ0) is 14.0. The van der Waals surface area contributed by atoms with Gasteiger partial charge in [0.1, 0.15) is 0 Å². The number of aryl methyl sites for hydroxylation is 1. The molecule has 1 aliphatic rings. The first kappa shape index (κ1) is 14.1. The predicted octanol–water partition coefficient (Wildman–Crippen LogP) is 2.77. The number of nitro benzene ring substituents is 1. The van der Waals surface area contributed by atoms with Crippen LogP contribution < -0.4 is 4.90 Å². The number of rotatable bonds is 4. The second-order valence-corrected chi connectivity index (χ2v) is 5.37. The van der Waals surface area contributed by atoms with Gasteiger partial charge in [0.25, 0.3) is 5.69 Å². The van der Waals surface area contributed by atoms with Gasteiger partial charge >= 0.3 is 0 Å². The van der Waals surface area contributed by atoms with Crippen molar-refractivity contribution in [2.75, 3.05) is 24.6 Å². The maximum Gasteiger partial charge on any atom is 0.273 e. The van der Waals surface area contributed by atoms with Gasteiger partial charge in [-0.05, 0) is 31.7 Å². The molecule has 104 valence electrons. The smallest absolute Gasteiger partial charge is 0.273 e. The number of halogens is 1. The standard InChI is InChI=1S/C13H17ClN2O3/c1-9-6-13(11(14)7-12(9)16(18)19)15-4-2-10(8-15)3-5-17/h6-7,10,17H,2-5,8H2,1H3/t10-/m1/s1. The van der Waals surface area contributed by atoms with Crippen LogP contribution >= 0.6 is 11.6 Å². The maximum atomic E-state index is 10.8. The van der Waals surface area contributed by atoms with Gasteiger partial charge in [0.2, 0.25) is 0 Å². The Morgan fingerprint density at radius 2 is 2.32 bits per heavy atom. The van der Waals surface area contributed by atoms with E-state index >= 15 is 0 Å². The van der Waals surface area contributed by atoms with Gasteiger partial charge in [0.05, 0.1) is 15.6 Å². The van der Waals surface area contributed by atoms with E-state index in [1.165, 1.54) is 6.07 Å². The first-order valence-electron chi connectivity index (χ1n) is 6.33. The van der Waals surface area contributed by atoms with E-state index in [2.05, 4.69) is 4.90 Å². The fourth-order valence-electron chi connectivity index (χ4n) is 2.56.